The molecule has 0 aliphatic carbocycles. The molecule has 2 heterocycles. The quantitative estimate of drug-likeness (QED) is 0.564. The lowest BCUT2D eigenvalue weighted by Gasteiger charge is -2.10. The Kier molecular flexibility index (Phi) is 4.43. The van der Waals surface area contributed by atoms with Gasteiger partial charge in [0, 0.05) is 23.2 Å². The maximum Gasteiger partial charge on any atom is 0.282 e. The van der Waals surface area contributed by atoms with Crippen molar-refractivity contribution in [1.29, 1.82) is 0 Å². The molecule has 28 heavy (non-hydrogen) atoms. The van der Waals surface area contributed by atoms with Gasteiger partial charge < -0.3 is 10.3 Å². The Morgan fingerprint density at radius 2 is 2.00 bits per heavy atom. The SMILES string of the molecule is CCC(C)C(=O)Nc1ccc(-n2nc3c4cccc(F)c4[nH]cc-3c2=O)cc1. The molecule has 2 aromatic rings. The molecule has 0 radical (unpaired) electrons. The summed E-state index contributed by atoms with van der Waals surface area (Å²) >= 11 is 0. The number of halogens is 1. The molecule has 0 aromatic heterocycles. The molecule has 0 fully saturated rings. The number of para-hydroxylation sites is 1. The van der Waals surface area contributed by atoms with Crippen LogP contribution in [-0.2, 0) is 4.79 Å². The van der Waals surface area contributed by atoms with Crippen LogP contribution in [0.4, 0.5) is 10.1 Å². The third-order valence-electron chi connectivity index (χ3n) is 4.95. The number of H-pyrrole nitrogens is 1. The molecule has 142 valence electrons. The summed E-state index contributed by atoms with van der Waals surface area (Å²) in [5.41, 5.74) is 2.04. The van der Waals surface area contributed by atoms with Crippen LogP contribution in [-0.4, -0.2) is 20.7 Å². The van der Waals surface area contributed by atoms with Gasteiger partial charge in [0.15, 0.2) is 0 Å². The molecule has 0 saturated heterocycles. The zero-order valence-corrected chi connectivity index (χ0v) is 15.5. The molecule has 4 rings (SSSR count). The zero-order valence-electron chi connectivity index (χ0n) is 15.5. The van der Waals surface area contributed by atoms with Crippen LogP contribution < -0.4 is 10.9 Å². The van der Waals surface area contributed by atoms with Crippen molar-refractivity contribution in [3.8, 4) is 16.9 Å². The molecule has 2 aliphatic rings. The largest absolute Gasteiger partial charge is 0.358 e. The number of benzene rings is 2. The number of hydrogen-bond acceptors (Lipinski definition) is 3. The molecule has 7 heteroatoms. The Hall–Kier alpha value is -3.48. The first-order valence-electron chi connectivity index (χ1n) is 9.09. The summed E-state index contributed by atoms with van der Waals surface area (Å²) in [7, 11) is 0. The van der Waals surface area contributed by atoms with Crippen LogP contribution in [0.5, 0.6) is 0 Å². The first-order chi connectivity index (χ1) is 13.5. The second-order valence-corrected chi connectivity index (χ2v) is 6.78. The summed E-state index contributed by atoms with van der Waals surface area (Å²) < 4.78 is 15.3. The van der Waals surface area contributed by atoms with Crippen LogP contribution in [0.25, 0.3) is 27.8 Å². The van der Waals surface area contributed by atoms with E-state index in [1.165, 1.54) is 16.9 Å². The van der Waals surface area contributed by atoms with E-state index < -0.39 is 5.82 Å². The third kappa shape index (κ3) is 2.94. The second-order valence-electron chi connectivity index (χ2n) is 6.78. The summed E-state index contributed by atoms with van der Waals surface area (Å²) in [6, 6.07) is 11.5. The van der Waals surface area contributed by atoms with Crippen LogP contribution >= 0.6 is 0 Å². The Morgan fingerprint density at radius 3 is 2.71 bits per heavy atom. The van der Waals surface area contributed by atoms with Gasteiger partial charge in [-0.2, -0.15) is 9.78 Å². The third-order valence-corrected chi connectivity index (χ3v) is 4.95. The predicted octanol–water partition coefficient (Wildman–Crippen LogP) is 3.94. The topological polar surface area (TPSA) is 79.8 Å². The molecule has 2 N–H and O–H groups in total. The van der Waals surface area contributed by atoms with Crippen LogP contribution in [0.15, 0.2) is 53.5 Å². The maximum absolute atomic E-state index is 14.0. The number of carbonyl (C=O) groups excluding carboxylic acids is 1. The number of nitrogens with zero attached hydrogens (tertiary/aromatic N) is 2. The fraction of sp³-hybridized carbons (Fsp3) is 0.190. The van der Waals surface area contributed by atoms with Crippen molar-refractivity contribution in [2.75, 3.05) is 5.32 Å². The number of anilines is 1. The lowest BCUT2D eigenvalue weighted by Crippen LogP contribution is -2.19. The van der Waals surface area contributed by atoms with E-state index in [1.54, 1.807) is 36.4 Å². The van der Waals surface area contributed by atoms with Gasteiger partial charge in [0.1, 0.15) is 11.5 Å². The highest BCUT2D eigenvalue weighted by atomic mass is 19.1. The van der Waals surface area contributed by atoms with Crippen molar-refractivity contribution in [3.05, 3.63) is 64.8 Å². The number of nitrogens with one attached hydrogen (secondary N) is 2. The minimum atomic E-state index is -0.400. The number of pyridine rings is 1. The van der Waals surface area contributed by atoms with E-state index in [0.717, 1.165) is 6.42 Å². The molecule has 0 spiro atoms. The molecule has 1 atom stereocenters. The number of hydrogen-bond donors (Lipinski definition) is 2. The molecule has 2 aliphatic heterocycles. The average molecular weight is 378 g/mol. The molecule has 6 nitrogen and oxygen atoms in total. The van der Waals surface area contributed by atoms with E-state index >= 15 is 0 Å². The number of amides is 1. The van der Waals surface area contributed by atoms with E-state index in [-0.39, 0.29) is 17.4 Å². The van der Waals surface area contributed by atoms with Gasteiger partial charge in [0.25, 0.3) is 5.56 Å². The van der Waals surface area contributed by atoms with Gasteiger partial charge in [-0.15, -0.1) is 0 Å². The standard InChI is InChI=1S/C21H19FN4O2/c1-3-12(2)20(27)24-13-7-9-14(10-8-13)26-21(28)16-11-23-19-15(18(16)25-26)5-4-6-17(19)22/h4-12,23H,3H2,1-2H3,(H,24,27). The van der Waals surface area contributed by atoms with Crippen molar-refractivity contribution < 1.29 is 9.18 Å². The molecular formula is C21H19FN4O2. The maximum atomic E-state index is 14.0. The second kappa shape index (κ2) is 6.92. The fourth-order valence-corrected chi connectivity index (χ4v) is 3.07. The molecule has 0 saturated carbocycles. The average Bonchev–Trinajstić information content (AvgIpc) is 3.05. The number of aromatic nitrogens is 3. The first-order valence-corrected chi connectivity index (χ1v) is 9.09. The molecule has 2 aromatic carbocycles. The van der Waals surface area contributed by atoms with E-state index in [1.807, 2.05) is 13.8 Å². The summed E-state index contributed by atoms with van der Waals surface area (Å²) in [5.74, 6) is -0.523. The van der Waals surface area contributed by atoms with Crippen molar-refractivity contribution in [2.45, 2.75) is 20.3 Å². The Balaban J connectivity index is 1.73. The van der Waals surface area contributed by atoms with Crippen LogP contribution in [0.1, 0.15) is 20.3 Å². The van der Waals surface area contributed by atoms with E-state index in [9.17, 15) is 14.0 Å². The number of carbonyl (C=O) groups is 1. The summed E-state index contributed by atoms with van der Waals surface area (Å²) in [6.07, 6.45) is 2.24. The van der Waals surface area contributed by atoms with E-state index in [0.29, 0.717) is 33.5 Å². The number of fused-ring (bicyclic) bond motifs is 3. The van der Waals surface area contributed by atoms with Gasteiger partial charge >= 0.3 is 0 Å². The van der Waals surface area contributed by atoms with Crippen molar-refractivity contribution in [1.82, 2.24) is 14.8 Å². The highest BCUT2D eigenvalue weighted by Gasteiger charge is 2.20. The molecular weight excluding hydrogens is 359 g/mol. The highest BCUT2D eigenvalue weighted by Crippen LogP contribution is 2.27. The fourth-order valence-electron chi connectivity index (χ4n) is 3.07. The van der Waals surface area contributed by atoms with Gasteiger partial charge in [-0.05, 0) is 36.8 Å². The number of aromatic amines is 1. The Morgan fingerprint density at radius 1 is 1.25 bits per heavy atom. The van der Waals surface area contributed by atoms with Crippen molar-refractivity contribution >= 4 is 22.5 Å². The van der Waals surface area contributed by atoms with Gasteiger partial charge in [-0.1, -0.05) is 26.0 Å². The summed E-state index contributed by atoms with van der Waals surface area (Å²) in [4.78, 5) is 27.6. The van der Waals surface area contributed by atoms with Gasteiger partial charge in [-0.25, -0.2) is 4.39 Å². The van der Waals surface area contributed by atoms with Gasteiger partial charge in [0.05, 0.1) is 16.8 Å². The van der Waals surface area contributed by atoms with E-state index in [2.05, 4.69) is 15.4 Å². The Labute approximate surface area is 160 Å². The summed E-state index contributed by atoms with van der Waals surface area (Å²) in [5, 5.41) is 7.81. The summed E-state index contributed by atoms with van der Waals surface area (Å²) in [6.45, 7) is 3.82. The normalized spacial score (nSPS) is 12.4. The first kappa shape index (κ1) is 17.9. The molecule has 1 amide bonds. The Bertz CT molecular complexity index is 1190. The smallest absolute Gasteiger partial charge is 0.282 e. The highest BCUT2D eigenvalue weighted by molar-refractivity contribution is 5.94. The lowest BCUT2D eigenvalue weighted by molar-refractivity contribution is -0.119. The van der Waals surface area contributed by atoms with Gasteiger partial charge in [-0.3, -0.25) is 9.59 Å². The van der Waals surface area contributed by atoms with Crippen molar-refractivity contribution in [3.63, 3.8) is 0 Å². The van der Waals surface area contributed by atoms with Gasteiger partial charge in [0.2, 0.25) is 5.91 Å². The van der Waals surface area contributed by atoms with E-state index in [4.69, 9.17) is 0 Å². The lowest BCUT2D eigenvalue weighted by atomic mass is 10.1. The van der Waals surface area contributed by atoms with Crippen molar-refractivity contribution in [2.24, 2.45) is 5.92 Å². The number of rotatable bonds is 4. The monoisotopic (exact) mass is 378 g/mol. The molecule has 1 unspecified atom stereocenters. The minimum Gasteiger partial charge on any atom is -0.358 e. The zero-order chi connectivity index (χ0) is 19.8. The van der Waals surface area contributed by atoms with Crippen LogP contribution in [0.2, 0.25) is 0 Å². The van der Waals surface area contributed by atoms with Crippen LogP contribution in [0, 0.1) is 11.7 Å². The molecule has 0 bridgehead atoms. The minimum absolute atomic E-state index is 0.0476. The predicted molar refractivity (Wildman–Crippen MR) is 106 cm³/mol. The van der Waals surface area contributed by atoms with Crippen LogP contribution in [0.3, 0.4) is 0 Å².